The van der Waals surface area contributed by atoms with Crippen LogP contribution in [0.1, 0.15) is 0 Å². The van der Waals surface area contributed by atoms with Gasteiger partial charge in [-0.1, -0.05) is 12.1 Å². The average molecular weight is 214 g/mol. The van der Waals surface area contributed by atoms with E-state index in [0.717, 1.165) is 0 Å². The Labute approximate surface area is 90.4 Å². The predicted octanol–water partition coefficient (Wildman–Crippen LogP) is 1.93. The van der Waals surface area contributed by atoms with Gasteiger partial charge in [-0.2, -0.15) is 0 Å². The molecule has 3 aromatic rings. The van der Waals surface area contributed by atoms with E-state index in [1.165, 1.54) is 12.1 Å². The third-order valence-electron chi connectivity index (χ3n) is 2.30. The zero-order valence-corrected chi connectivity index (χ0v) is 8.21. The van der Waals surface area contributed by atoms with Crippen LogP contribution in [0.3, 0.4) is 0 Å². The number of hydrogen-bond acceptors (Lipinski definition) is 3. The highest BCUT2D eigenvalue weighted by atomic mass is 19.1. The fourth-order valence-corrected chi connectivity index (χ4v) is 1.58. The molecule has 0 aliphatic heterocycles. The van der Waals surface area contributed by atoms with Crippen molar-refractivity contribution in [3.63, 3.8) is 0 Å². The van der Waals surface area contributed by atoms with E-state index in [1.54, 1.807) is 35.1 Å². The summed E-state index contributed by atoms with van der Waals surface area (Å²) >= 11 is 0. The van der Waals surface area contributed by atoms with Gasteiger partial charge in [0.15, 0.2) is 11.5 Å². The molecule has 0 N–H and O–H groups in total. The summed E-state index contributed by atoms with van der Waals surface area (Å²) in [6, 6.07) is 6.26. The molecule has 0 spiro atoms. The van der Waals surface area contributed by atoms with Crippen LogP contribution >= 0.6 is 0 Å². The zero-order chi connectivity index (χ0) is 11.0. The Morgan fingerprint density at radius 2 is 2.12 bits per heavy atom. The maximum absolute atomic E-state index is 13.1. The summed E-state index contributed by atoms with van der Waals surface area (Å²) in [6.45, 7) is 0. The molecule has 5 heteroatoms. The van der Waals surface area contributed by atoms with Crippen LogP contribution in [0.2, 0.25) is 0 Å². The molecule has 0 aliphatic carbocycles. The van der Waals surface area contributed by atoms with E-state index < -0.39 is 0 Å². The van der Waals surface area contributed by atoms with E-state index in [2.05, 4.69) is 15.2 Å². The SMILES string of the molecule is Fc1cccc(-c2nnc3cnccn23)c1. The van der Waals surface area contributed by atoms with Crippen LogP contribution < -0.4 is 0 Å². The number of hydrogen-bond donors (Lipinski definition) is 0. The van der Waals surface area contributed by atoms with Gasteiger partial charge in [-0.25, -0.2) is 4.39 Å². The Bertz CT molecular complexity index is 647. The highest BCUT2D eigenvalue weighted by molar-refractivity contribution is 5.58. The average Bonchev–Trinajstić information content (AvgIpc) is 2.72. The van der Waals surface area contributed by atoms with Gasteiger partial charge in [-0.3, -0.25) is 9.38 Å². The molecule has 0 atom stereocenters. The van der Waals surface area contributed by atoms with Gasteiger partial charge < -0.3 is 0 Å². The second-order valence-electron chi connectivity index (χ2n) is 3.34. The van der Waals surface area contributed by atoms with Crippen molar-refractivity contribution in [3.8, 4) is 11.4 Å². The summed E-state index contributed by atoms with van der Waals surface area (Å²) in [5.74, 6) is 0.320. The Morgan fingerprint density at radius 3 is 3.00 bits per heavy atom. The normalized spacial score (nSPS) is 10.8. The third-order valence-corrected chi connectivity index (χ3v) is 2.30. The molecule has 0 bridgehead atoms. The molecule has 3 rings (SSSR count). The molecule has 0 saturated heterocycles. The monoisotopic (exact) mass is 214 g/mol. The molecule has 1 aromatic carbocycles. The topological polar surface area (TPSA) is 43.1 Å². The fraction of sp³-hybridized carbons (Fsp3) is 0. The van der Waals surface area contributed by atoms with Crippen LogP contribution in [0.25, 0.3) is 17.0 Å². The lowest BCUT2D eigenvalue weighted by Crippen LogP contribution is -1.89. The molecular weight excluding hydrogens is 207 g/mol. The highest BCUT2D eigenvalue weighted by Crippen LogP contribution is 2.18. The molecule has 0 saturated carbocycles. The minimum Gasteiger partial charge on any atom is -0.280 e. The number of nitrogens with zero attached hydrogens (tertiary/aromatic N) is 4. The van der Waals surface area contributed by atoms with E-state index in [1.807, 2.05) is 0 Å². The van der Waals surface area contributed by atoms with Crippen molar-refractivity contribution in [2.45, 2.75) is 0 Å². The van der Waals surface area contributed by atoms with E-state index in [4.69, 9.17) is 0 Å². The summed E-state index contributed by atoms with van der Waals surface area (Å²) in [7, 11) is 0. The summed E-state index contributed by atoms with van der Waals surface area (Å²) in [6.07, 6.45) is 4.99. The molecule has 2 heterocycles. The second-order valence-corrected chi connectivity index (χ2v) is 3.34. The maximum Gasteiger partial charge on any atom is 0.179 e. The van der Waals surface area contributed by atoms with Gasteiger partial charge in [0.25, 0.3) is 0 Å². The van der Waals surface area contributed by atoms with E-state index in [0.29, 0.717) is 17.0 Å². The highest BCUT2D eigenvalue weighted by Gasteiger charge is 2.07. The molecule has 0 fully saturated rings. The van der Waals surface area contributed by atoms with Crippen LogP contribution in [0, 0.1) is 5.82 Å². The standard InChI is InChI=1S/C11H7FN4/c12-9-3-1-2-8(6-9)11-15-14-10-7-13-4-5-16(10)11/h1-7H. The smallest absolute Gasteiger partial charge is 0.179 e. The first-order chi connectivity index (χ1) is 7.84. The Morgan fingerprint density at radius 1 is 1.19 bits per heavy atom. The van der Waals surface area contributed by atoms with Gasteiger partial charge in [-0.05, 0) is 12.1 Å². The van der Waals surface area contributed by atoms with Crippen molar-refractivity contribution in [2.24, 2.45) is 0 Å². The molecule has 2 aromatic heterocycles. The van der Waals surface area contributed by atoms with Crippen molar-refractivity contribution >= 4 is 5.65 Å². The first kappa shape index (κ1) is 8.96. The van der Waals surface area contributed by atoms with Crippen molar-refractivity contribution in [1.82, 2.24) is 19.6 Å². The molecule has 0 radical (unpaired) electrons. The lowest BCUT2D eigenvalue weighted by atomic mass is 10.2. The summed E-state index contributed by atoms with van der Waals surface area (Å²) in [5.41, 5.74) is 1.33. The largest absolute Gasteiger partial charge is 0.280 e. The van der Waals surface area contributed by atoms with Crippen LogP contribution in [-0.4, -0.2) is 19.6 Å². The van der Waals surface area contributed by atoms with Crippen molar-refractivity contribution in [3.05, 3.63) is 48.7 Å². The second kappa shape index (κ2) is 3.37. The molecule has 0 aliphatic rings. The number of benzene rings is 1. The molecule has 0 unspecified atom stereocenters. The maximum atomic E-state index is 13.1. The van der Waals surface area contributed by atoms with Crippen LogP contribution in [0.5, 0.6) is 0 Å². The number of halogens is 1. The van der Waals surface area contributed by atoms with Crippen LogP contribution in [-0.2, 0) is 0 Å². The number of aromatic nitrogens is 4. The van der Waals surface area contributed by atoms with E-state index in [-0.39, 0.29) is 5.82 Å². The molecule has 78 valence electrons. The van der Waals surface area contributed by atoms with Crippen molar-refractivity contribution in [2.75, 3.05) is 0 Å². The Kier molecular flexibility index (Phi) is 1.89. The molecule has 4 nitrogen and oxygen atoms in total. The summed E-state index contributed by atoms with van der Waals surface area (Å²) < 4.78 is 14.9. The Hall–Kier alpha value is -2.30. The van der Waals surface area contributed by atoms with Gasteiger partial charge in [0.1, 0.15) is 5.82 Å². The number of fused-ring (bicyclic) bond motifs is 1. The number of rotatable bonds is 1. The van der Waals surface area contributed by atoms with Gasteiger partial charge in [-0.15, -0.1) is 10.2 Å². The third kappa shape index (κ3) is 1.33. The van der Waals surface area contributed by atoms with Crippen molar-refractivity contribution in [1.29, 1.82) is 0 Å². The Balaban J connectivity index is 2.26. The first-order valence-corrected chi connectivity index (χ1v) is 4.75. The lowest BCUT2D eigenvalue weighted by Gasteiger charge is -1.98. The lowest BCUT2D eigenvalue weighted by molar-refractivity contribution is 0.628. The van der Waals surface area contributed by atoms with Gasteiger partial charge in [0.2, 0.25) is 0 Å². The minimum atomic E-state index is -0.289. The molecule has 0 amide bonds. The molecular formula is C11H7FN4. The van der Waals surface area contributed by atoms with E-state index >= 15 is 0 Å². The first-order valence-electron chi connectivity index (χ1n) is 4.75. The van der Waals surface area contributed by atoms with E-state index in [9.17, 15) is 4.39 Å². The fourth-order valence-electron chi connectivity index (χ4n) is 1.58. The van der Waals surface area contributed by atoms with Gasteiger partial charge >= 0.3 is 0 Å². The zero-order valence-electron chi connectivity index (χ0n) is 8.21. The van der Waals surface area contributed by atoms with Gasteiger partial charge in [0, 0.05) is 18.0 Å². The van der Waals surface area contributed by atoms with Crippen molar-refractivity contribution < 1.29 is 4.39 Å². The summed E-state index contributed by atoms with van der Waals surface area (Å²) in [5, 5.41) is 7.97. The predicted molar refractivity (Wildman–Crippen MR) is 56.2 cm³/mol. The van der Waals surface area contributed by atoms with Gasteiger partial charge in [0.05, 0.1) is 6.20 Å². The van der Waals surface area contributed by atoms with Crippen LogP contribution in [0.15, 0.2) is 42.9 Å². The summed E-state index contributed by atoms with van der Waals surface area (Å²) in [4.78, 5) is 3.94. The minimum absolute atomic E-state index is 0.289. The molecule has 16 heavy (non-hydrogen) atoms. The quantitative estimate of drug-likeness (QED) is 0.621. The van der Waals surface area contributed by atoms with Crippen LogP contribution in [0.4, 0.5) is 4.39 Å².